The van der Waals surface area contributed by atoms with Crippen LogP contribution in [0.5, 0.6) is 0 Å². The highest BCUT2D eigenvalue weighted by atomic mass is 16.5. The summed E-state index contributed by atoms with van der Waals surface area (Å²) in [5.41, 5.74) is 7.71. The van der Waals surface area contributed by atoms with Crippen LogP contribution < -0.4 is 5.73 Å². The van der Waals surface area contributed by atoms with E-state index in [2.05, 4.69) is 24.0 Å². The van der Waals surface area contributed by atoms with Gasteiger partial charge in [0.1, 0.15) is 0 Å². The SMILES string of the molecule is CCCc1[nH]nc(C(=O)N2CCOCC2CC)c1N. The van der Waals surface area contributed by atoms with Crippen molar-refractivity contribution >= 4 is 11.6 Å². The average Bonchev–Trinajstić information content (AvgIpc) is 2.80. The molecule has 0 bridgehead atoms. The number of anilines is 1. The number of hydrogen-bond donors (Lipinski definition) is 2. The molecule has 1 unspecified atom stereocenters. The number of carbonyl (C=O) groups is 1. The number of nitrogens with zero attached hydrogens (tertiary/aromatic N) is 2. The number of carbonyl (C=O) groups excluding carboxylic acids is 1. The van der Waals surface area contributed by atoms with Crippen molar-refractivity contribution in [2.75, 3.05) is 25.5 Å². The smallest absolute Gasteiger partial charge is 0.276 e. The predicted molar refractivity (Wildman–Crippen MR) is 72.9 cm³/mol. The molecule has 2 rings (SSSR count). The Labute approximate surface area is 113 Å². The number of H-pyrrole nitrogens is 1. The fourth-order valence-electron chi connectivity index (χ4n) is 2.39. The van der Waals surface area contributed by atoms with Gasteiger partial charge in [-0.3, -0.25) is 9.89 Å². The summed E-state index contributed by atoms with van der Waals surface area (Å²) in [6.07, 6.45) is 2.65. The monoisotopic (exact) mass is 266 g/mol. The van der Waals surface area contributed by atoms with Crippen LogP contribution in [0.3, 0.4) is 0 Å². The van der Waals surface area contributed by atoms with Crippen molar-refractivity contribution in [3.05, 3.63) is 11.4 Å². The summed E-state index contributed by atoms with van der Waals surface area (Å²) in [6.45, 7) is 5.89. The Morgan fingerprint density at radius 3 is 3.05 bits per heavy atom. The fraction of sp³-hybridized carbons (Fsp3) is 0.692. The molecule has 1 aliphatic rings. The molecule has 1 atom stereocenters. The number of aryl methyl sites for hydroxylation is 1. The molecule has 0 aliphatic carbocycles. The molecule has 106 valence electrons. The minimum absolute atomic E-state index is 0.0914. The fourth-order valence-corrected chi connectivity index (χ4v) is 2.39. The highest BCUT2D eigenvalue weighted by Crippen LogP contribution is 2.20. The van der Waals surface area contributed by atoms with Crippen LogP contribution in [0, 0.1) is 0 Å². The van der Waals surface area contributed by atoms with E-state index in [-0.39, 0.29) is 11.9 Å². The summed E-state index contributed by atoms with van der Waals surface area (Å²) in [4.78, 5) is 14.3. The van der Waals surface area contributed by atoms with Gasteiger partial charge in [-0.25, -0.2) is 0 Å². The van der Waals surface area contributed by atoms with E-state index < -0.39 is 0 Å². The predicted octanol–water partition coefficient (Wildman–Crippen LogP) is 1.20. The lowest BCUT2D eigenvalue weighted by Crippen LogP contribution is -2.48. The molecule has 19 heavy (non-hydrogen) atoms. The lowest BCUT2D eigenvalue weighted by Gasteiger charge is -2.34. The lowest BCUT2D eigenvalue weighted by atomic mass is 10.1. The number of nitrogens with one attached hydrogen (secondary N) is 1. The van der Waals surface area contributed by atoms with E-state index in [1.54, 1.807) is 0 Å². The number of morpholine rings is 1. The molecule has 1 amide bonds. The number of nitrogens with two attached hydrogens (primary N) is 1. The quantitative estimate of drug-likeness (QED) is 0.857. The van der Waals surface area contributed by atoms with Gasteiger partial charge in [-0.05, 0) is 12.8 Å². The number of ether oxygens (including phenoxy) is 1. The molecule has 6 heteroatoms. The maximum absolute atomic E-state index is 12.5. The van der Waals surface area contributed by atoms with Gasteiger partial charge < -0.3 is 15.4 Å². The maximum atomic E-state index is 12.5. The van der Waals surface area contributed by atoms with Crippen molar-refractivity contribution < 1.29 is 9.53 Å². The Morgan fingerprint density at radius 2 is 2.37 bits per heavy atom. The van der Waals surface area contributed by atoms with Gasteiger partial charge in [0.05, 0.1) is 30.6 Å². The molecule has 0 spiro atoms. The van der Waals surface area contributed by atoms with E-state index in [1.165, 1.54) is 0 Å². The summed E-state index contributed by atoms with van der Waals surface area (Å²) in [5.74, 6) is -0.0914. The van der Waals surface area contributed by atoms with Crippen molar-refractivity contribution in [3.63, 3.8) is 0 Å². The van der Waals surface area contributed by atoms with Gasteiger partial charge in [-0.2, -0.15) is 5.10 Å². The zero-order valence-electron chi connectivity index (χ0n) is 11.6. The van der Waals surface area contributed by atoms with Gasteiger partial charge in [0, 0.05) is 6.54 Å². The van der Waals surface area contributed by atoms with Gasteiger partial charge in [0.2, 0.25) is 0 Å². The van der Waals surface area contributed by atoms with E-state index >= 15 is 0 Å². The molecule has 6 nitrogen and oxygen atoms in total. The van der Waals surface area contributed by atoms with Gasteiger partial charge >= 0.3 is 0 Å². The van der Waals surface area contributed by atoms with Gasteiger partial charge in [0.15, 0.2) is 5.69 Å². The largest absolute Gasteiger partial charge is 0.395 e. The standard InChI is InChI=1S/C13H22N4O2/c1-3-5-10-11(14)12(16-15-10)13(18)17-6-7-19-8-9(17)4-2/h9H,3-8,14H2,1-2H3,(H,15,16). The minimum Gasteiger partial charge on any atom is -0.395 e. The highest BCUT2D eigenvalue weighted by Gasteiger charge is 2.29. The van der Waals surface area contributed by atoms with Gasteiger partial charge in [0.25, 0.3) is 5.91 Å². The Bertz CT molecular complexity index is 444. The molecule has 1 aromatic rings. The zero-order chi connectivity index (χ0) is 13.8. The molecule has 0 radical (unpaired) electrons. The third kappa shape index (κ3) is 2.73. The van der Waals surface area contributed by atoms with Crippen LogP contribution in [0.4, 0.5) is 5.69 Å². The molecular formula is C13H22N4O2. The third-order valence-corrected chi connectivity index (χ3v) is 3.55. The first-order chi connectivity index (χ1) is 9.19. The number of aromatic nitrogens is 2. The van der Waals surface area contributed by atoms with Crippen LogP contribution in [0.1, 0.15) is 42.9 Å². The van der Waals surface area contributed by atoms with Crippen LogP contribution in [0.15, 0.2) is 0 Å². The Kier molecular flexibility index (Phi) is 4.42. The summed E-state index contributed by atoms with van der Waals surface area (Å²) in [5, 5.41) is 6.97. The second kappa shape index (κ2) is 6.06. The number of nitrogen functional groups attached to an aromatic ring is 1. The topological polar surface area (TPSA) is 84.2 Å². The van der Waals surface area contributed by atoms with Crippen molar-refractivity contribution in [2.45, 2.75) is 39.2 Å². The van der Waals surface area contributed by atoms with Gasteiger partial charge in [-0.1, -0.05) is 20.3 Å². The second-order valence-electron chi connectivity index (χ2n) is 4.85. The summed E-state index contributed by atoms with van der Waals surface area (Å²) >= 11 is 0. The molecule has 2 heterocycles. The van der Waals surface area contributed by atoms with Crippen LogP contribution in [0.2, 0.25) is 0 Å². The number of aromatic amines is 1. The van der Waals surface area contributed by atoms with E-state index in [0.29, 0.717) is 31.1 Å². The first-order valence-electron chi connectivity index (χ1n) is 6.90. The Hall–Kier alpha value is -1.56. The van der Waals surface area contributed by atoms with Crippen molar-refractivity contribution in [1.82, 2.24) is 15.1 Å². The van der Waals surface area contributed by atoms with E-state index in [4.69, 9.17) is 10.5 Å². The van der Waals surface area contributed by atoms with Crippen molar-refractivity contribution in [3.8, 4) is 0 Å². The third-order valence-electron chi connectivity index (χ3n) is 3.55. The van der Waals surface area contributed by atoms with Crippen molar-refractivity contribution in [1.29, 1.82) is 0 Å². The average molecular weight is 266 g/mol. The Morgan fingerprint density at radius 1 is 1.58 bits per heavy atom. The second-order valence-corrected chi connectivity index (χ2v) is 4.85. The Balaban J connectivity index is 2.18. The van der Waals surface area contributed by atoms with Crippen LogP contribution >= 0.6 is 0 Å². The summed E-state index contributed by atoms with van der Waals surface area (Å²) in [6, 6.07) is 0.118. The molecule has 1 aliphatic heterocycles. The van der Waals surface area contributed by atoms with Crippen molar-refractivity contribution in [2.24, 2.45) is 0 Å². The minimum atomic E-state index is -0.0914. The summed E-state index contributed by atoms with van der Waals surface area (Å²) in [7, 11) is 0. The molecule has 1 aromatic heterocycles. The van der Waals surface area contributed by atoms with Gasteiger partial charge in [-0.15, -0.1) is 0 Å². The number of rotatable bonds is 4. The van der Waals surface area contributed by atoms with E-state index in [0.717, 1.165) is 25.0 Å². The molecular weight excluding hydrogens is 244 g/mol. The molecule has 3 N–H and O–H groups in total. The maximum Gasteiger partial charge on any atom is 0.276 e. The molecule has 1 saturated heterocycles. The van der Waals surface area contributed by atoms with Crippen LogP contribution in [-0.2, 0) is 11.2 Å². The zero-order valence-corrected chi connectivity index (χ0v) is 11.6. The first kappa shape index (κ1) is 13.9. The lowest BCUT2D eigenvalue weighted by molar-refractivity contribution is -0.00305. The first-order valence-corrected chi connectivity index (χ1v) is 6.90. The van der Waals surface area contributed by atoms with E-state index in [9.17, 15) is 4.79 Å². The normalized spacial score (nSPS) is 19.7. The van der Waals surface area contributed by atoms with E-state index in [1.807, 2.05) is 4.90 Å². The highest BCUT2D eigenvalue weighted by molar-refractivity contribution is 5.97. The van der Waals surface area contributed by atoms with Crippen LogP contribution in [0.25, 0.3) is 0 Å². The molecule has 0 saturated carbocycles. The molecule has 0 aromatic carbocycles. The number of amides is 1. The number of hydrogen-bond acceptors (Lipinski definition) is 4. The van der Waals surface area contributed by atoms with Crippen LogP contribution in [-0.4, -0.2) is 46.8 Å². The molecule has 1 fully saturated rings. The summed E-state index contributed by atoms with van der Waals surface area (Å²) < 4.78 is 5.41.